The van der Waals surface area contributed by atoms with Crippen LogP contribution in [0.5, 0.6) is 0 Å². The molecule has 0 spiro atoms. The van der Waals surface area contributed by atoms with Crippen LogP contribution < -0.4 is 5.32 Å². The Kier molecular flexibility index (Phi) is 5.65. The minimum absolute atomic E-state index is 0.174. The number of ether oxygens (including phenoxy) is 1. The van der Waals surface area contributed by atoms with Crippen molar-refractivity contribution in [2.24, 2.45) is 0 Å². The van der Waals surface area contributed by atoms with Crippen LogP contribution in [0.25, 0.3) is 0 Å². The Labute approximate surface area is 153 Å². The zero-order valence-electron chi connectivity index (χ0n) is 14.5. The first-order valence-corrected chi connectivity index (χ1v) is 9.80. The Hall–Kier alpha value is -2.29. The highest BCUT2D eigenvalue weighted by Gasteiger charge is 2.31. The summed E-state index contributed by atoms with van der Waals surface area (Å²) in [7, 11) is -3.60. The number of morpholine rings is 1. The molecule has 1 fully saturated rings. The first kappa shape index (κ1) is 18.5. The van der Waals surface area contributed by atoms with Crippen LogP contribution in [0.15, 0.2) is 53.6 Å². The normalized spacial score (nSPS) is 18.4. The van der Waals surface area contributed by atoms with E-state index in [-0.39, 0.29) is 16.8 Å². The number of carbonyl (C=O) groups is 1. The average molecular weight is 375 g/mol. The Balaban J connectivity index is 1.68. The number of hydrogen-bond acceptors (Lipinski definition) is 5. The number of sulfonamides is 1. The minimum atomic E-state index is -3.60. The molecule has 0 aliphatic carbocycles. The third-order valence-corrected chi connectivity index (χ3v) is 6.21. The van der Waals surface area contributed by atoms with Gasteiger partial charge in [-0.3, -0.25) is 9.78 Å². The molecule has 1 atom stereocenters. The molecule has 1 aromatic heterocycles. The fourth-order valence-corrected chi connectivity index (χ4v) is 4.36. The molecule has 1 amide bonds. The number of benzene rings is 1. The number of rotatable bonds is 5. The van der Waals surface area contributed by atoms with Crippen molar-refractivity contribution in [1.29, 1.82) is 0 Å². The van der Waals surface area contributed by atoms with Crippen LogP contribution in [0, 0.1) is 0 Å². The molecule has 7 nitrogen and oxygen atoms in total. The highest BCUT2D eigenvalue weighted by Crippen LogP contribution is 2.21. The second-order valence-corrected chi connectivity index (χ2v) is 7.96. The lowest BCUT2D eigenvalue weighted by Crippen LogP contribution is -2.46. The van der Waals surface area contributed by atoms with E-state index in [0.717, 1.165) is 5.69 Å². The van der Waals surface area contributed by atoms with E-state index in [1.807, 2.05) is 19.1 Å². The van der Waals surface area contributed by atoms with Crippen LogP contribution >= 0.6 is 0 Å². The molecule has 0 bridgehead atoms. The third kappa shape index (κ3) is 4.09. The van der Waals surface area contributed by atoms with E-state index in [4.69, 9.17) is 4.74 Å². The molecule has 1 aromatic carbocycles. The fraction of sp³-hybridized carbons (Fsp3) is 0.333. The van der Waals surface area contributed by atoms with Crippen molar-refractivity contribution in [3.8, 4) is 0 Å². The van der Waals surface area contributed by atoms with Crippen LogP contribution in [0.4, 0.5) is 0 Å². The Morgan fingerprint density at radius 2 is 2.04 bits per heavy atom. The number of hydrogen-bond donors (Lipinski definition) is 1. The topological polar surface area (TPSA) is 88.6 Å². The van der Waals surface area contributed by atoms with E-state index in [1.54, 1.807) is 12.3 Å². The standard InChI is InChI=1S/C18H21N3O4S/c1-14-13-25-11-10-21(14)26(23,24)17-7-5-15(6-8-17)18(22)20-12-16-4-2-3-9-19-16/h2-9,14H,10-13H2,1H3,(H,20,22). The number of nitrogens with zero attached hydrogens (tertiary/aromatic N) is 2. The summed E-state index contributed by atoms with van der Waals surface area (Å²) in [6, 6.07) is 11.2. The second kappa shape index (κ2) is 7.94. The summed E-state index contributed by atoms with van der Waals surface area (Å²) in [5.41, 5.74) is 1.15. The fourth-order valence-electron chi connectivity index (χ4n) is 2.76. The Morgan fingerprint density at radius 1 is 1.27 bits per heavy atom. The molecule has 8 heteroatoms. The largest absolute Gasteiger partial charge is 0.378 e. The van der Waals surface area contributed by atoms with Gasteiger partial charge < -0.3 is 10.1 Å². The number of carbonyl (C=O) groups excluding carboxylic acids is 1. The van der Waals surface area contributed by atoms with Gasteiger partial charge in [-0.25, -0.2) is 8.42 Å². The lowest BCUT2D eigenvalue weighted by Gasteiger charge is -2.32. The highest BCUT2D eigenvalue weighted by molar-refractivity contribution is 7.89. The summed E-state index contributed by atoms with van der Waals surface area (Å²) in [6.45, 7) is 3.22. The summed E-state index contributed by atoms with van der Waals surface area (Å²) in [6.07, 6.45) is 1.66. The molecule has 1 saturated heterocycles. The maximum Gasteiger partial charge on any atom is 0.251 e. The van der Waals surface area contributed by atoms with Gasteiger partial charge in [0.25, 0.3) is 5.91 Å². The molecular formula is C18H21N3O4S. The summed E-state index contributed by atoms with van der Waals surface area (Å²) < 4.78 is 32.2. The predicted molar refractivity (Wildman–Crippen MR) is 96.0 cm³/mol. The van der Waals surface area contributed by atoms with Crippen molar-refractivity contribution in [2.75, 3.05) is 19.8 Å². The van der Waals surface area contributed by atoms with Crippen LogP contribution in [-0.2, 0) is 21.3 Å². The molecule has 1 aliphatic heterocycles. The van der Waals surface area contributed by atoms with E-state index < -0.39 is 10.0 Å². The van der Waals surface area contributed by atoms with Crippen LogP contribution in [0.3, 0.4) is 0 Å². The van der Waals surface area contributed by atoms with Gasteiger partial charge in [0.05, 0.1) is 30.3 Å². The van der Waals surface area contributed by atoms with Gasteiger partial charge in [0.15, 0.2) is 0 Å². The molecule has 3 rings (SSSR count). The molecular weight excluding hydrogens is 354 g/mol. The van der Waals surface area contributed by atoms with E-state index in [0.29, 0.717) is 31.9 Å². The highest BCUT2D eigenvalue weighted by atomic mass is 32.2. The van der Waals surface area contributed by atoms with Crippen molar-refractivity contribution >= 4 is 15.9 Å². The molecule has 1 aliphatic rings. The summed E-state index contributed by atoms with van der Waals surface area (Å²) in [4.78, 5) is 16.5. The minimum Gasteiger partial charge on any atom is -0.378 e. The first-order valence-electron chi connectivity index (χ1n) is 8.36. The zero-order chi connectivity index (χ0) is 18.6. The van der Waals surface area contributed by atoms with Crippen LogP contribution in [-0.4, -0.2) is 49.4 Å². The van der Waals surface area contributed by atoms with E-state index in [2.05, 4.69) is 10.3 Å². The van der Waals surface area contributed by atoms with Gasteiger partial charge in [-0.15, -0.1) is 0 Å². The molecule has 26 heavy (non-hydrogen) atoms. The maximum atomic E-state index is 12.8. The smallest absolute Gasteiger partial charge is 0.251 e. The van der Waals surface area contributed by atoms with Crippen molar-refractivity contribution < 1.29 is 17.9 Å². The molecule has 0 radical (unpaired) electrons. The van der Waals surface area contributed by atoms with Crippen molar-refractivity contribution in [1.82, 2.24) is 14.6 Å². The Morgan fingerprint density at radius 3 is 2.69 bits per heavy atom. The van der Waals surface area contributed by atoms with E-state index in [1.165, 1.54) is 28.6 Å². The number of amides is 1. The first-order chi connectivity index (χ1) is 12.5. The maximum absolute atomic E-state index is 12.8. The predicted octanol–water partition coefficient (Wildman–Crippen LogP) is 1.42. The van der Waals surface area contributed by atoms with Crippen molar-refractivity contribution in [2.45, 2.75) is 24.4 Å². The molecule has 2 heterocycles. The monoisotopic (exact) mass is 375 g/mol. The van der Waals surface area contributed by atoms with Gasteiger partial charge >= 0.3 is 0 Å². The molecule has 0 saturated carbocycles. The summed E-state index contributed by atoms with van der Waals surface area (Å²) in [5, 5.41) is 2.77. The molecule has 1 N–H and O–H groups in total. The van der Waals surface area contributed by atoms with Gasteiger partial charge in [0, 0.05) is 24.3 Å². The third-order valence-electron chi connectivity index (χ3n) is 4.19. The van der Waals surface area contributed by atoms with E-state index >= 15 is 0 Å². The number of pyridine rings is 1. The average Bonchev–Trinajstić information content (AvgIpc) is 2.67. The van der Waals surface area contributed by atoms with Gasteiger partial charge in [0.2, 0.25) is 10.0 Å². The quantitative estimate of drug-likeness (QED) is 0.854. The van der Waals surface area contributed by atoms with Crippen molar-refractivity contribution in [3.05, 3.63) is 59.9 Å². The molecule has 138 valence electrons. The Bertz CT molecular complexity index is 854. The zero-order valence-corrected chi connectivity index (χ0v) is 15.3. The van der Waals surface area contributed by atoms with Crippen LogP contribution in [0.1, 0.15) is 23.0 Å². The van der Waals surface area contributed by atoms with Crippen molar-refractivity contribution in [3.63, 3.8) is 0 Å². The number of nitrogens with one attached hydrogen (secondary N) is 1. The molecule has 2 aromatic rings. The van der Waals surface area contributed by atoms with Gasteiger partial charge in [-0.05, 0) is 43.3 Å². The second-order valence-electron chi connectivity index (χ2n) is 6.07. The van der Waals surface area contributed by atoms with Gasteiger partial charge in [0.1, 0.15) is 0 Å². The SMILES string of the molecule is CC1COCCN1S(=O)(=O)c1ccc(C(=O)NCc2ccccn2)cc1. The molecule has 1 unspecified atom stereocenters. The van der Waals surface area contributed by atoms with E-state index in [9.17, 15) is 13.2 Å². The number of aromatic nitrogens is 1. The lowest BCUT2D eigenvalue weighted by molar-refractivity contribution is 0.0393. The summed E-state index contributed by atoms with van der Waals surface area (Å²) in [5.74, 6) is -0.278. The summed E-state index contributed by atoms with van der Waals surface area (Å²) >= 11 is 0. The lowest BCUT2D eigenvalue weighted by atomic mass is 10.2. The van der Waals surface area contributed by atoms with Gasteiger partial charge in [-0.2, -0.15) is 4.31 Å². The van der Waals surface area contributed by atoms with Gasteiger partial charge in [-0.1, -0.05) is 6.07 Å². The van der Waals surface area contributed by atoms with Crippen LogP contribution in [0.2, 0.25) is 0 Å².